The molecule has 0 aliphatic rings. The van der Waals surface area contributed by atoms with E-state index >= 15 is 0 Å². The van der Waals surface area contributed by atoms with Gasteiger partial charge in [-0.15, -0.1) is 11.3 Å². The number of halogens is 2. The van der Waals surface area contributed by atoms with Gasteiger partial charge >= 0.3 is 0 Å². The van der Waals surface area contributed by atoms with Crippen LogP contribution in [0.4, 0.5) is 10.3 Å². The number of hydrogen-bond acceptors (Lipinski definition) is 4. The second-order valence-corrected chi connectivity index (χ2v) is 6.04. The van der Waals surface area contributed by atoms with Crippen LogP contribution in [0.15, 0.2) is 24.3 Å². The van der Waals surface area contributed by atoms with Gasteiger partial charge < -0.3 is 15.0 Å². The standard InChI is InChI=1S/C13H11ClFN3OS/c1-19-11-5-10-9(4-8(11)15)17-13(16)18(10)6-7-2-3-12(14)20-7/h2-5H,6H2,1H3,(H2,16,17). The van der Waals surface area contributed by atoms with Crippen LogP contribution in [-0.2, 0) is 6.54 Å². The highest BCUT2D eigenvalue weighted by Gasteiger charge is 2.14. The lowest BCUT2D eigenvalue weighted by atomic mass is 10.3. The van der Waals surface area contributed by atoms with Crippen molar-refractivity contribution in [2.75, 3.05) is 12.8 Å². The summed E-state index contributed by atoms with van der Waals surface area (Å²) in [5.41, 5.74) is 7.14. The number of nitrogens with zero attached hydrogens (tertiary/aromatic N) is 2. The second kappa shape index (κ2) is 4.96. The van der Waals surface area contributed by atoms with E-state index < -0.39 is 5.82 Å². The van der Waals surface area contributed by atoms with Crippen molar-refractivity contribution in [3.63, 3.8) is 0 Å². The number of ether oxygens (including phenoxy) is 1. The molecule has 3 rings (SSSR count). The van der Waals surface area contributed by atoms with Crippen LogP contribution in [0.1, 0.15) is 4.88 Å². The lowest BCUT2D eigenvalue weighted by Gasteiger charge is -2.06. The summed E-state index contributed by atoms with van der Waals surface area (Å²) in [6.45, 7) is 0.536. The van der Waals surface area contributed by atoms with Crippen LogP contribution >= 0.6 is 22.9 Å². The monoisotopic (exact) mass is 311 g/mol. The quantitative estimate of drug-likeness (QED) is 0.805. The predicted molar refractivity (Wildman–Crippen MR) is 79.1 cm³/mol. The van der Waals surface area contributed by atoms with Crippen molar-refractivity contribution in [2.45, 2.75) is 6.54 Å². The molecule has 0 atom stereocenters. The summed E-state index contributed by atoms with van der Waals surface area (Å²) in [4.78, 5) is 5.21. The Morgan fingerprint density at radius 2 is 2.25 bits per heavy atom. The molecular weight excluding hydrogens is 301 g/mol. The van der Waals surface area contributed by atoms with E-state index in [1.807, 2.05) is 12.1 Å². The van der Waals surface area contributed by atoms with E-state index in [-0.39, 0.29) is 5.75 Å². The van der Waals surface area contributed by atoms with Crippen LogP contribution in [0.3, 0.4) is 0 Å². The first-order chi connectivity index (χ1) is 9.58. The molecule has 3 aromatic rings. The Balaban J connectivity index is 2.11. The molecule has 2 N–H and O–H groups in total. The lowest BCUT2D eigenvalue weighted by molar-refractivity contribution is 0.387. The van der Waals surface area contributed by atoms with Crippen LogP contribution in [0.25, 0.3) is 11.0 Å². The van der Waals surface area contributed by atoms with E-state index in [2.05, 4.69) is 4.98 Å². The average molecular weight is 312 g/mol. The fourth-order valence-corrected chi connectivity index (χ4v) is 3.14. The minimum absolute atomic E-state index is 0.169. The van der Waals surface area contributed by atoms with E-state index in [0.717, 1.165) is 10.4 Å². The molecule has 4 nitrogen and oxygen atoms in total. The maximum atomic E-state index is 13.7. The van der Waals surface area contributed by atoms with E-state index in [0.29, 0.717) is 22.3 Å². The smallest absolute Gasteiger partial charge is 0.201 e. The van der Waals surface area contributed by atoms with Gasteiger partial charge in [-0.3, -0.25) is 0 Å². The summed E-state index contributed by atoms with van der Waals surface area (Å²) in [5, 5.41) is 0. The number of imidazole rings is 1. The Kier molecular flexibility index (Phi) is 3.27. The van der Waals surface area contributed by atoms with Gasteiger partial charge in [0.2, 0.25) is 5.95 Å². The number of thiophene rings is 1. The lowest BCUT2D eigenvalue weighted by Crippen LogP contribution is -2.03. The van der Waals surface area contributed by atoms with Crippen LogP contribution in [0.5, 0.6) is 5.75 Å². The number of anilines is 1. The minimum atomic E-state index is -0.455. The van der Waals surface area contributed by atoms with Crippen molar-refractivity contribution in [3.05, 3.63) is 39.3 Å². The maximum absolute atomic E-state index is 13.7. The molecular formula is C13H11ClFN3OS. The zero-order valence-electron chi connectivity index (χ0n) is 10.6. The molecule has 0 radical (unpaired) electrons. The molecule has 0 spiro atoms. The number of benzene rings is 1. The number of hydrogen-bond donors (Lipinski definition) is 1. The first kappa shape index (κ1) is 13.2. The second-order valence-electron chi connectivity index (χ2n) is 4.24. The third kappa shape index (κ3) is 2.21. The summed E-state index contributed by atoms with van der Waals surface area (Å²) in [7, 11) is 1.42. The molecule has 0 saturated carbocycles. The molecule has 0 fully saturated rings. The van der Waals surface area contributed by atoms with Crippen molar-refractivity contribution in [1.82, 2.24) is 9.55 Å². The average Bonchev–Trinajstić information content (AvgIpc) is 2.94. The van der Waals surface area contributed by atoms with Crippen molar-refractivity contribution in [2.24, 2.45) is 0 Å². The van der Waals surface area contributed by atoms with Crippen molar-refractivity contribution >= 4 is 39.9 Å². The largest absolute Gasteiger partial charge is 0.494 e. The fraction of sp³-hybridized carbons (Fsp3) is 0.154. The number of methoxy groups -OCH3 is 1. The van der Waals surface area contributed by atoms with Crippen LogP contribution < -0.4 is 10.5 Å². The number of nitrogens with two attached hydrogens (primary N) is 1. The maximum Gasteiger partial charge on any atom is 0.201 e. The van der Waals surface area contributed by atoms with Gasteiger partial charge in [0.1, 0.15) is 0 Å². The summed E-state index contributed by atoms with van der Waals surface area (Å²) >= 11 is 7.39. The van der Waals surface area contributed by atoms with Gasteiger partial charge in [0.15, 0.2) is 11.6 Å². The van der Waals surface area contributed by atoms with Gasteiger partial charge in [0.25, 0.3) is 0 Å². The predicted octanol–water partition coefficient (Wildman–Crippen LogP) is 3.53. The highest BCUT2D eigenvalue weighted by Crippen LogP contribution is 2.29. The normalized spacial score (nSPS) is 11.2. The highest BCUT2D eigenvalue weighted by atomic mass is 35.5. The zero-order chi connectivity index (χ0) is 14.3. The third-order valence-electron chi connectivity index (χ3n) is 2.99. The molecule has 1 aromatic carbocycles. The topological polar surface area (TPSA) is 53.1 Å². The van der Waals surface area contributed by atoms with E-state index in [9.17, 15) is 4.39 Å². The molecule has 2 aromatic heterocycles. The van der Waals surface area contributed by atoms with E-state index in [4.69, 9.17) is 22.1 Å². The molecule has 0 aliphatic carbocycles. The van der Waals surface area contributed by atoms with E-state index in [1.54, 1.807) is 10.6 Å². The Labute approximate surface area is 123 Å². The van der Waals surface area contributed by atoms with Crippen molar-refractivity contribution in [3.8, 4) is 5.75 Å². The summed E-state index contributed by atoms with van der Waals surface area (Å²) in [6, 6.07) is 6.68. The van der Waals surface area contributed by atoms with Crippen LogP contribution in [0, 0.1) is 5.82 Å². The molecule has 0 bridgehead atoms. The van der Waals surface area contributed by atoms with Crippen LogP contribution in [-0.4, -0.2) is 16.7 Å². The molecule has 104 valence electrons. The van der Waals surface area contributed by atoms with Crippen LogP contribution in [0.2, 0.25) is 4.34 Å². The number of rotatable bonds is 3. The minimum Gasteiger partial charge on any atom is -0.494 e. The van der Waals surface area contributed by atoms with Gasteiger partial charge in [0.05, 0.1) is 29.0 Å². The molecule has 7 heteroatoms. The number of aromatic nitrogens is 2. The Morgan fingerprint density at radius 1 is 1.45 bits per heavy atom. The molecule has 0 amide bonds. The van der Waals surface area contributed by atoms with Gasteiger partial charge in [-0.2, -0.15) is 0 Å². The zero-order valence-corrected chi connectivity index (χ0v) is 12.1. The van der Waals surface area contributed by atoms with E-state index in [1.165, 1.54) is 24.5 Å². The third-order valence-corrected chi connectivity index (χ3v) is 4.21. The first-order valence-corrected chi connectivity index (χ1v) is 7.01. The number of fused-ring (bicyclic) bond motifs is 1. The molecule has 2 heterocycles. The summed E-state index contributed by atoms with van der Waals surface area (Å²) in [5.74, 6) is 0.0452. The van der Waals surface area contributed by atoms with Crippen molar-refractivity contribution < 1.29 is 9.13 Å². The van der Waals surface area contributed by atoms with Gasteiger partial charge in [-0.1, -0.05) is 11.6 Å². The molecule has 0 unspecified atom stereocenters. The molecule has 0 aliphatic heterocycles. The fourth-order valence-electron chi connectivity index (χ4n) is 2.06. The molecule has 0 saturated heterocycles. The Morgan fingerprint density at radius 3 is 2.90 bits per heavy atom. The Bertz CT molecular complexity index is 783. The highest BCUT2D eigenvalue weighted by molar-refractivity contribution is 7.16. The summed E-state index contributed by atoms with van der Waals surface area (Å²) in [6.07, 6.45) is 0. The Hall–Kier alpha value is -1.79. The number of nitrogen functional groups attached to an aromatic ring is 1. The van der Waals surface area contributed by atoms with Crippen molar-refractivity contribution in [1.29, 1.82) is 0 Å². The SMILES string of the molecule is COc1cc2c(cc1F)nc(N)n2Cc1ccc(Cl)s1. The van der Waals surface area contributed by atoms with Gasteiger partial charge in [-0.05, 0) is 12.1 Å². The first-order valence-electron chi connectivity index (χ1n) is 5.82. The summed E-state index contributed by atoms with van der Waals surface area (Å²) < 4.78 is 21.2. The molecule has 20 heavy (non-hydrogen) atoms. The van der Waals surface area contributed by atoms with Gasteiger partial charge in [-0.25, -0.2) is 9.37 Å². The van der Waals surface area contributed by atoms with Gasteiger partial charge in [0, 0.05) is 17.0 Å².